The molecule has 0 atom stereocenters. The molecular formula is C21H23N5O2. The smallest absolute Gasteiger partial charge is 0.255 e. The molecule has 3 aromatic heterocycles. The fourth-order valence-electron chi connectivity index (χ4n) is 3.78. The molecule has 4 rings (SSSR count). The van der Waals surface area contributed by atoms with E-state index in [1.165, 1.54) is 6.20 Å². The predicted molar refractivity (Wildman–Crippen MR) is 104 cm³/mol. The van der Waals surface area contributed by atoms with Crippen LogP contribution in [0.4, 0.5) is 0 Å². The summed E-state index contributed by atoms with van der Waals surface area (Å²) < 4.78 is 5.42. The van der Waals surface area contributed by atoms with Crippen LogP contribution in [0.25, 0.3) is 11.3 Å². The number of carbonyl (C=O) groups excluding carboxylic acids is 1. The van der Waals surface area contributed by atoms with Crippen molar-refractivity contribution >= 4 is 5.91 Å². The van der Waals surface area contributed by atoms with Crippen molar-refractivity contribution in [3.05, 3.63) is 59.4 Å². The van der Waals surface area contributed by atoms with E-state index in [9.17, 15) is 4.79 Å². The van der Waals surface area contributed by atoms with Crippen molar-refractivity contribution in [1.82, 2.24) is 25.2 Å². The van der Waals surface area contributed by atoms with Crippen LogP contribution in [0.2, 0.25) is 0 Å². The van der Waals surface area contributed by atoms with Gasteiger partial charge in [-0.15, -0.1) is 0 Å². The van der Waals surface area contributed by atoms with Crippen LogP contribution in [0.5, 0.6) is 0 Å². The molecule has 3 aromatic rings. The van der Waals surface area contributed by atoms with Crippen molar-refractivity contribution in [3.63, 3.8) is 0 Å². The average Bonchev–Trinajstić information content (AvgIpc) is 3.14. The van der Waals surface area contributed by atoms with Gasteiger partial charge in [-0.1, -0.05) is 18.1 Å². The molecule has 7 heteroatoms. The second kappa shape index (κ2) is 7.88. The van der Waals surface area contributed by atoms with Crippen LogP contribution in [0, 0.1) is 6.92 Å². The minimum Gasteiger partial charge on any atom is -0.360 e. The number of rotatable bonds is 4. The number of nitrogens with zero attached hydrogens (tertiary/aromatic N) is 5. The highest BCUT2D eigenvalue weighted by molar-refractivity contribution is 5.93. The Balaban J connectivity index is 1.48. The molecule has 1 amide bonds. The summed E-state index contributed by atoms with van der Waals surface area (Å²) in [7, 11) is 0. The minimum atomic E-state index is 0.0164. The Bertz CT molecular complexity index is 962. The van der Waals surface area contributed by atoms with Gasteiger partial charge in [0.05, 0.1) is 34.9 Å². The second-order valence-electron chi connectivity index (χ2n) is 7.07. The van der Waals surface area contributed by atoms with Gasteiger partial charge in [-0.25, -0.2) is 0 Å². The molecule has 1 fully saturated rings. The molecule has 0 N–H and O–H groups in total. The first-order chi connectivity index (χ1) is 13.7. The molecule has 0 saturated carbocycles. The van der Waals surface area contributed by atoms with Gasteiger partial charge in [0.2, 0.25) is 0 Å². The first kappa shape index (κ1) is 18.3. The van der Waals surface area contributed by atoms with Crippen molar-refractivity contribution in [2.24, 2.45) is 0 Å². The van der Waals surface area contributed by atoms with Crippen LogP contribution in [-0.4, -0.2) is 44.2 Å². The molecule has 0 radical (unpaired) electrons. The van der Waals surface area contributed by atoms with E-state index >= 15 is 0 Å². The maximum absolute atomic E-state index is 12.6. The molecule has 0 bridgehead atoms. The van der Waals surface area contributed by atoms with Gasteiger partial charge in [0.1, 0.15) is 5.76 Å². The number of piperidine rings is 1. The summed E-state index contributed by atoms with van der Waals surface area (Å²) in [4.78, 5) is 19.4. The molecular weight excluding hydrogens is 354 g/mol. The molecule has 1 aliphatic rings. The fourth-order valence-corrected chi connectivity index (χ4v) is 3.78. The number of likely N-dealkylation sites (tertiary alicyclic amines) is 1. The lowest BCUT2D eigenvalue weighted by Crippen LogP contribution is -2.38. The van der Waals surface area contributed by atoms with Crippen LogP contribution < -0.4 is 0 Å². The third-order valence-electron chi connectivity index (χ3n) is 5.31. The number of aryl methyl sites for hydroxylation is 2. The Morgan fingerprint density at radius 2 is 2.04 bits per heavy atom. The number of hydrogen-bond donors (Lipinski definition) is 0. The summed E-state index contributed by atoms with van der Waals surface area (Å²) in [5.74, 6) is 1.22. The molecule has 1 saturated heterocycles. The zero-order valence-electron chi connectivity index (χ0n) is 16.1. The van der Waals surface area contributed by atoms with Gasteiger partial charge < -0.3 is 9.42 Å². The molecule has 7 nitrogen and oxygen atoms in total. The van der Waals surface area contributed by atoms with Crippen LogP contribution in [0.1, 0.15) is 53.2 Å². The summed E-state index contributed by atoms with van der Waals surface area (Å²) in [6.45, 7) is 5.43. The molecule has 0 unspecified atom stereocenters. The molecule has 0 aromatic carbocycles. The normalized spacial score (nSPS) is 15.0. The molecule has 144 valence electrons. The van der Waals surface area contributed by atoms with Crippen LogP contribution in [0.15, 0.2) is 41.2 Å². The molecule has 4 heterocycles. The standard InChI is InChI=1S/C21H23N5O2/c1-3-19-20(14(2)25-28-19)18-6-4-5-17(24-18)15-8-11-26(12-9-15)21(27)16-7-10-22-23-13-16/h4-7,10,13,15H,3,8-9,11-12H2,1-2H3. The van der Waals surface area contributed by atoms with Crippen LogP contribution in [-0.2, 0) is 6.42 Å². The van der Waals surface area contributed by atoms with E-state index in [4.69, 9.17) is 9.51 Å². The zero-order chi connectivity index (χ0) is 19.5. The highest BCUT2D eigenvalue weighted by Crippen LogP contribution is 2.31. The van der Waals surface area contributed by atoms with Gasteiger partial charge in [0.25, 0.3) is 5.91 Å². The van der Waals surface area contributed by atoms with Gasteiger partial charge in [-0.05, 0) is 38.0 Å². The lowest BCUT2D eigenvalue weighted by Gasteiger charge is -2.31. The Morgan fingerprint density at radius 1 is 1.21 bits per heavy atom. The van der Waals surface area contributed by atoms with Gasteiger partial charge in [0, 0.05) is 31.1 Å². The lowest BCUT2D eigenvalue weighted by molar-refractivity contribution is 0.0711. The summed E-state index contributed by atoms with van der Waals surface area (Å²) in [5, 5.41) is 11.6. The zero-order valence-corrected chi connectivity index (χ0v) is 16.1. The number of carbonyl (C=O) groups is 1. The third-order valence-corrected chi connectivity index (χ3v) is 5.31. The monoisotopic (exact) mass is 377 g/mol. The first-order valence-electron chi connectivity index (χ1n) is 9.65. The van der Waals surface area contributed by atoms with Gasteiger partial charge >= 0.3 is 0 Å². The van der Waals surface area contributed by atoms with E-state index in [2.05, 4.69) is 28.3 Å². The maximum Gasteiger partial charge on any atom is 0.255 e. The Hall–Kier alpha value is -3.09. The quantitative estimate of drug-likeness (QED) is 0.693. The van der Waals surface area contributed by atoms with E-state index in [0.717, 1.165) is 47.7 Å². The number of pyridine rings is 1. The molecule has 1 aliphatic heterocycles. The number of hydrogen-bond acceptors (Lipinski definition) is 6. The average molecular weight is 377 g/mol. The van der Waals surface area contributed by atoms with Gasteiger partial charge in [-0.2, -0.15) is 10.2 Å². The Kier molecular flexibility index (Phi) is 5.14. The molecule has 28 heavy (non-hydrogen) atoms. The second-order valence-corrected chi connectivity index (χ2v) is 7.07. The van der Waals surface area contributed by atoms with E-state index in [0.29, 0.717) is 24.6 Å². The summed E-state index contributed by atoms with van der Waals surface area (Å²) in [6.07, 6.45) is 5.64. The third kappa shape index (κ3) is 3.52. The lowest BCUT2D eigenvalue weighted by atomic mass is 9.92. The maximum atomic E-state index is 12.6. The van der Waals surface area contributed by atoms with E-state index in [-0.39, 0.29) is 5.91 Å². The molecule has 0 aliphatic carbocycles. The Morgan fingerprint density at radius 3 is 2.75 bits per heavy atom. The van der Waals surface area contributed by atoms with Crippen molar-refractivity contribution < 1.29 is 9.32 Å². The van der Waals surface area contributed by atoms with Gasteiger partial charge in [-0.3, -0.25) is 9.78 Å². The predicted octanol–water partition coefficient (Wildman–Crippen LogP) is 3.42. The SMILES string of the molecule is CCc1onc(C)c1-c1cccc(C2CCN(C(=O)c3ccnnc3)CC2)n1. The Labute approximate surface area is 163 Å². The largest absolute Gasteiger partial charge is 0.360 e. The summed E-state index contributed by atoms with van der Waals surface area (Å²) >= 11 is 0. The van der Waals surface area contributed by atoms with Crippen LogP contribution in [0.3, 0.4) is 0 Å². The first-order valence-corrected chi connectivity index (χ1v) is 9.65. The van der Waals surface area contributed by atoms with Crippen LogP contribution >= 0.6 is 0 Å². The summed E-state index contributed by atoms with van der Waals surface area (Å²) in [6, 6.07) is 7.84. The van der Waals surface area contributed by atoms with Crippen molar-refractivity contribution in [1.29, 1.82) is 0 Å². The summed E-state index contributed by atoms with van der Waals surface area (Å²) in [5.41, 5.74) is 4.44. The van der Waals surface area contributed by atoms with E-state index in [1.54, 1.807) is 12.3 Å². The van der Waals surface area contributed by atoms with Gasteiger partial charge in [0.15, 0.2) is 0 Å². The highest BCUT2D eigenvalue weighted by atomic mass is 16.5. The van der Waals surface area contributed by atoms with E-state index < -0.39 is 0 Å². The number of aromatic nitrogens is 4. The van der Waals surface area contributed by atoms with Crippen molar-refractivity contribution in [2.75, 3.05) is 13.1 Å². The van der Waals surface area contributed by atoms with Crippen molar-refractivity contribution in [3.8, 4) is 11.3 Å². The van der Waals surface area contributed by atoms with E-state index in [1.807, 2.05) is 24.0 Å². The highest BCUT2D eigenvalue weighted by Gasteiger charge is 2.26. The fraction of sp³-hybridized carbons (Fsp3) is 0.381. The number of amides is 1. The topological polar surface area (TPSA) is 85.0 Å². The minimum absolute atomic E-state index is 0.0164. The molecule has 0 spiro atoms. The van der Waals surface area contributed by atoms with Crippen molar-refractivity contribution in [2.45, 2.75) is 39.0 Å².